The van der Waals surface area contributed by atoms with E-state index >= 15 is 0 Å². The number of benzene rings is 2. The maximum absolute atomic E-state index is 14.2. The third-order valence-corrected chi connectivity index (χ3v) is 7.45. The number of pyridine rings is 1. The first-order valence-corrected chi connectivity index (χ1v) is 13.9. The SMILES string of the molecule is CC(=O)c1cn(CC(=O)N(CC(=O)NCc2cccc(Cl)c2F)C2CC2)c2ccc(C(=O)NCc3ccncc3)cc12. The highest BCUT2D eigenvalue weighted by Gasteiger charge is 2.34. The van der Waals surface area contributed by atoms with E-state index in [1.165, 1.54) is 24.0 Å². The molecule has 216 valence electrons. The molecular weight excluding hydrogens is 561 g/mol. The van der Waals surface area contributed by atoms with Gasteiger partial charge in [-0.25, -0.2) is 4.39 Å². The minimum atomic E-state index is -0.593. The van der Waals surface area contributed by atoms with Gasteiger partial charge in [0.15, 0.2) is 5.78 Å². The molecule has 5 rings (SSSR count). The van der Waals surface area contributed by atoms with Crippen molar-refractivity contribution < 1.29 is 23.6 Å². The molecular formula is C31H29ClFN5O4. The van der Waals surface area contributed by atoms with Crippen molar-refractivity contribution in [2.45, 2.75) is 45.4 Å². The topological polar surface area (TPSA) is 113 Å². The van der Waals surface area contributed by atoms with Crippen molar-refractivity contribution in [3.05, 3.63) is 100 Å². The van der Waals surface area contributed by atoms with Crippen molar-refractivity contribution in [1.29, 1.82) is 0 Å². The van der Waals surface area contributed by atoms with Crippen LogP contribution in [0.1, 0.15) is 51.6 Å². The third kappa shape index (κ3) is 6.66. The predicted octanol–water partition coefficient (Wildman–Crippen LogP) is 4.27. The van der Waals surface area contributed by atoms with Crippen LogP contribution in [-0.4, -0.2) is 50.5 Å². The number of Topliss-reactive ketones (excluding diaryl/α,β-unsaturated/α-hetero) is 1. The fourth-order valence-electron chi connectivity index (χ4n) is 4.77. The van der Waals surface area contributed by atoms with Crippen molar-refractivity contribution in [3.8, 4) is 0 Å². The molecule has 3 amide bonds. The van der Waals surface area contributed by atoms with Gasteiger partial charge >= 0.3 is 0 Å². The van der Waals surface area contributed by atoms with E-state index in [1.807, 2.05) is 12.1 Å². The number of rotatable bonds is 11. The number of hydrogen-bond donors (Lipinski definition) is 2. The van der Waals surface area contributed by atoms with Crippen LogP contribution in [0.15, 0.2) is 67.1 Å². The lowest BCUT2D eigenvalue weighted by Gasteiger charge is -2.22. The van der Waals surface area contributed by atoms with Crippen LogP contribution in [0.25, 0.3) is 10.9 Å². The molecule has 11 heteroatoms. The van der Waals surface area contributed by atoms with Crippen LogP contribution in [0.4, 0.5) is 4.39 Å². The van der Waals surface area contributed by atoms with Crippen LogP contribution in [0, 0.1) is 5.82 Å². The Morgan fingerprint density at radius 3 is 2.52 bits per heavy atom. The van der Waals surface area contributed by atoms with Gasteiger partial charge in [-0.15, -0.1) is 0 Å². The lowest BCUT2D eigenvalue weighted by atomic mass is 10.1. The van der Waals surface area contributed by atoms with E-state index in [0.717, 1.165) is 18.4 Å². The third-order valence-electron chi connectivity index (χ3n) is 7.16. The first kappa shape index (κ1) is 28.9. The van der Waals surface area contributed by atoms with Crippen LogP contribution in [0.2, 0.25) is 5.02 Å². The molecule has 2 aromatic heterocycles. The summed E-state index contributed by atoms with van der Waals surface area (Å²) in [5.41, 5.74) is 2.55. The molecule has 0 aliphatic heterocycles. The van der Waals surface area contributed by atoms with E-state index in [9.17, 15) is 23.6 Å². The Kier molecular flexibility index (Phi) is 8.63. The Hall–Kier alpha value is -4.57. The van der Waals surface area contributed by atoms with Crippen molar-refractivity contribution in [1.82, 2.24) is 25.1 Å². The van der Waals surface area contributed by atoms with Crippen molar-refractivity contribution in [3.63, 3.8) is 0 Å². The van der Waals surface area contributed by atoms with E-state index in [0.29, 0.717) is 28.6 Å². The fourth-order valence-corrected chi connectivity index (χ4v) is 4.96. The summed E-state index contributed by atoms with van der Waals surface area (Å²) in [5.74, 6) is -1.79. The summed E-state index contributed by atoms with van der Waals surface area (Å²) in [4.78, 5) is 56.9. The number of aromatic nitrogens is 2. The molecule has 0 bridgehead atoms. The van der Waals surface area contributed by atoms with Crippen LogP contribution in [0.5, 0.6) is 0 Å². The summed E-state index contributed by atoms with van der Waals surface area (Å²) in [6.07, 6.45) is 6.47. The summed E-state index contributed by atoms with van der Waals surface area (Å²) in [5, 5.41) is 6.06. The largest absolute Gasteiger partial charge is 0.350 e. The highest BCUT2D eigenvalue weighted by atomic mass is 35.5. The molecule has 4 aromatic rings. The second kappa shape index (κ2) is 12.5. The summed E-state index contributed by atoms with van der Waals surface area (Å²) in [6, 6.07) is 13.1. The summed E-state index contributed by atoms with van der Waals surface area (Å²) in [6.45, 7) is 1.44. The molecule has 1 aliphatic carbocycles. The molecule has 1 saturated carbocycles. The molecule has 2 aromatic carbocycles. The molecule has 2 N–H and O–H groups in total. The summed E-state index contributed by atoms with van der Waals surface area (Å²) in [7, 11) is 0. The maximum atomic E-state index is 14.2. The number of nitrogens with one attached hydrogen (secondary N) is 2. The highest BCUT2D eigenvalue weighted by molar-refractivity contribution is 6.30. The number of ketones is 1. The lowest BCUT2D eigenvalue weighted by molar-refractivity contribution is -0.137. The van der Waals surface area contributed by atoms with E-state index in [1.54, 1.807) is 47.4 Å². The zero-order valence-electron chi connectivity index (χ0n) is 22.9. The number of carbonyl (C=O) groups is 4. The Labute approximate surface area is 246 Å². The molecule has 0 radical (unpaired) electrons. The van der Waals surface area contributed by atoms with Crippen LogP contribution >= 0.6 is 11.6 Å². The van der Waals surface area contributed by atoms with Gasteiger partial charge in [0, 0.05) is 65.3 Å². The van der Waals surface area contributed by atoms with Crippen LogP contribution in [0.3, 0.4) is 0 Å². The molecule has 9 nitrogen and oxygen atoms in total. The van der Waals surface area contributed by atoms with Gasteiger partial charge in [0.25, 0.3) is 5.91 Å². The normalized spacial score (nSPS) is 12.6. The first-order chi connectivity index (χ1) is 20.2. The molecule has 1 fully saturated rings. The number of halogens is 2. The van der Waals surface area contributed by atoms with Gasteiger partial charge < -0.3 is 20.1 Å². The molecule has 0 atom stereocenters. The van der Waals surface area contributed by atoms with E-state index < -0.39 is 11.7 Å². The van der Waals surface area contributed by atoms with Gasteiger partial charge in [0.05, 0.1) is 11.6 Å². The standard InChI is InChI=1S/C31H29ClFN5O4/c1-19(39)25-16-37(27-8-5-21(13-24(25)27)31(42)36-14-20-9-11-34-12-10-20)18-29(41)38(23-6-7-23)17-28(40)35-15-22-3-2-4-26(32)30(22)33/h2-5,8-13,16,23H,6-7,14-15,17-18H2,1H3,(H,35,40)(H,36,42). The van der Waals surface area contributed by atoms with E-state index in [2.05, 4.69) is 15.6 Å². The number of hydrogen-bond acceptors (Lipinski definition) is 5. The molecule has 42 heavy (non-hydrogen) atoms. The smallest absolute Gasteiger partial charge is 0.251 e. The summed E-state index contributed by atoms with van der Waals surface area (Å²) < 4.78 is 15.9. The minimum absolute atomic E-state index is 0.0295. The molecule has 0 saturated heterocycles. The van der Waals surface area contributed by atoms with Gasteiger partial charge in [-0.3, -0.25) is 24.2 Å². The Morgan fingerprint density at radius 1 is 1.05 bits per heavy atom. The van der Waals surface area contributed by atoms with Gasteiger partial charge in [0.1, 0.15) is 12.4 Å². The predicted molar refractivity (Wildman–Crippen MR) is 155 cm³/mol. The van der Waals surface area contributed by atoms with Gasteiger partial charge in [-0.1, -0.05) is 23.7 Å². The molecule has 2 heterocycles. The Balaban J connectivity index is 1.28. The Morgan fingerprint density at radius 2 is 1.81 bits per heavy atom. The zero-order chi connectivity index (χ0) is 29.8. The van der Waals surface area contributed by atoms with Crippen molar-refractivity contribution in [2.24, 2.45) is 0 Å². The minimum Gasteiger partial charge on any atom is -0.350 e. The average molecular weight is 590 g/mol. The average Bonchev–Trinajstić information content (AvgIpc) is 3.77. The summed E-state index contributed by atoms with van der Waals surface area (Å²) >= 11 is 5.82. The monoisotopic (exact) mass is 589 g/mol. The fraction of sp³-hybridized carbons (Fsp3) is 0.258. The van der Waals surface area contributed by atoms with E-state index in [4.69, 9.17) is 11.6 Å². The quantitative estimate of drug-likeness (QED) is 0.254. The second-order valence-electron chi connectivity index (χ2n) is 10.2. The maximum Gasteiger partial charge on any atom is 0.251 e. The van der Waals surface area contributed by atoms with Gasteiger partial charge in [-0.2, -0.15) is 0 Å². The van der Waals surface area contributed by atoms with Gasteiger partial charge in [-0.05, 0) is 61.7 Å². The highest BCUT2D eigenvalue weighted by Crippen LogP contribution is 2.28. The molecule has 1 aliphatic rings. The molecule has 0 spiro atoms. The zero-order valence-corrected chi connectivity index (χ0v) is 23.7. The second-order valence-corrected chi connectivity index (χ2v) is 10.6. The first-order valence-electron chi connectivity index (χ1n) is 13.5. The lowest BCUT2D eigenvalue weighted by Crippen LogP contribution is -2.43. The van der Waals surface area contributed by atoms with Crippen molar-refractivity contribution >= 4 is 46.0 Å². The van der Waals surface area contributed by atoms with Gasteiger partial charge in [0.2, 0.25) is 11.8 Å². The van der Waals surface area contributed by atoms with Crippen molar-refractivity contribution in [2.75, 3.05) is 6.54 Å². The number of nitrogens with zero attached hydrogens (tertiary/aromatic N) is 3. The number of amides is 3. The number of fused-ring (bicyclic) bond motifs is 1. The number of carbonyl (C=O) groups excluding carboxylic acids is 4. The van der Waals surface area contributed by atoms with E-state index in [-0.39, 0.29) is 53.9 Å². The Bertz CT molecular complexity index is 1670. The molecule has 0 unspecified atom stereocenters. The van der Waals surface area contributed by atoms with Crippen LogP contribution in [-0.2, 0) is 29.2 Å². The van der Waals surface area contributed by atoms with Crippen LogP contribution < -0.4 is 10.6 Å².